The molecule has 2 atom stereocenters. The third-order valence-corrected chi connectivity index (χ3v) is 4.59. The molecular formula is C19H20N4O3. The van der Waals surface area contributed by atoms with Gasteiger partial charge < -0.3 is 19.8 Å². The van der Waals surface area contributed by atoms with Crippen LogP contribution in [0.5, 0.6) is 0 Å². The smallest absolute Gasteiger partial charge is 0.255 e. The SMILES string of the molecule is Cc1oc2ccccc2c1C(=O)N[C@H]1CCOC[C@H]1Nc1ccncn1. The van der Waals surface area contributed by atoms with Crippen LogP contribution in [0.1, 0.15) is 22.5 Å². The fourth-order valence-electron chi connectivity index (χ4n) is 3.31. The van der Waals surface area contributed by atoms with Crippen molar-refractivity contribution in [3.05, 3.63) is 54.2 Å². The summed E-state index contributed by atoms with van der Waals surface area (Å²) in [6, 6.07) is 9.23. The highest BCUT2D eigenvalue weighted by Gasteiger charge is 2.29. The van der Waals surface area contributed by atoms with Crippen LogP contribution in [0, 0.1) is 6.92 Å². The lowest BCUT2D eigenvalue weighted by Crippen LogP contribution is -2.52. The minimum atomic E-state index is -0.131. The molecule has 2 aromatic heterocycles. The van der Waals surface area contributed by atoms with Crippen molar-refractivity contribution < 1.29 is 13.9 Å². The first-order chi connectivity index (χ1) is 12.7. The van der Waals surface area contributed by atoms with Gasteiger partial charge in [0.05, 0.1) is 24.3 Å². The van der Waals surface area contributed by atoms with Gasteiger partial charge in [0.15, 0.2) is 0 Å². The second kappa shape index (κ2) is 7.13. The second-order valence-electron chi connectivity index (χ2n) is 6.32. The molecular weight excluding hydrogens is 332 g/mol. The quantitative estimate of drug-likeness (QED) is 0.750. The maximum absolute atomic E-state index is 12.9. The third kappa shape index (κ3) is 3.25. The van der Waals surface area contributed by atoms with Gasteiger partial charge in [-0.25, -0.2) is 9.97 Å². The summed E-state index contributed by atoms with van der Waals surface area (Å²) < 4.78 is 11.3. The van der Waals surface area contributed by atoms with Crippen molar-refractivity contribution >= 4 is 22.7 Å². The molecule has 2 N–H and O–H groups in total. The Labute approximate surface area is 150 Å². The lowest BCUT2D eigenvalue weighted by atomic mass is 10.0. The Morgan fingerprint density at radius 3 is 2.96 bits per heavy atom. The molecule has 1 fully saturated rings. The summed E-state index contributed by atoms with van der Waals surface area (Å²) in [4.78, 5) is 21.0. The average Bonchev–Trinajstić information content (AvgIpc) is 3.00. The van der Waals surface area contributed by atoms with Crippen LogP contribution < -0.4 is 10.6 Å². The van der Waals surface area contributed by atoms with E-state index in [1.54, 1.807) is 12.3 Å². The maximum atomic E-state index is 12.9. The molecule has 0 bridgehead atoms. The summed E-state index contributed by atoms with van der Waals surface area (Å²) in [5.41, 5.74) is 1.31. The van der Waals surface area contributed by atoms with Gasteiger partial charge in [-0.15, -0.1) is 0 Å². The van der Waals surface area contributed by atoms with E-state index in [0.29, 0.717) is 30.4 Å². The highest BCUT2D eigenvalue weighted by molar-refractivity contribution is 6.07. The van der Waals surface area contributed by atoms with E-state index in [0.717, 1.165) is 17.4 Å². The van der Waals surface area contributed by atoms with Crippen LogP contribution >= 0.6 is 0 Å². The number of carbonyl (C=O) groups is 1. The van der Waals surface area contributed by atoms with E-state index in [1.165, 1.54) is 6.33 Å². The molecule has 26 heavy (non-hydrogen) atoms. The van der Waals surface area contributed by atoms with Crippen LogP contribution in [0.15, 0.2) is 47.3 Å². The molecule has 1 aliphatic heterocycles. The molecule has 3 heterocycles. The fourth-order valence-corrected chi connectivity index (χ4v) is 3.31. The van der Waals surface area contributed by atoms with Crippen molar-refractivity contribution in [1.29, 1.82) is 0 Å². The normalized spacial score (nSPS) is 20.0. The zero-order valence-corrected chi connectivity index (χ0v) is 14.4. The van der Waals surface area contributed by atoms with Crippen LogP contribution in [0.2, 0.25) is 0 Å². The highest BCUT2D eigenvalue weighted by Crippen LogP contribution is 2.25. The van der Waals surface area contributed by atoms with Gasteiger partial charge in [-0.3, -0.25) is 4.79 Å². The van der Waals surface area contributed by atoms with Crippen LogP contribution in [0.4, 0.5) is 5.82 Å². The lowest BCUT2D eigenvalue weighted by molar-refractivity contribution is 0.0620. The number of para-hydroxylation sites is 1. The van der Waals surface area contributed by atoms with Gasteiger partial charge >= 0.3 is 0 Å². The van der Waals surface area contributed by atoms with Crippen molar-refractivity contribution in [2.24, 2.45) is 0 Å². The number of aryl methyl sites for hydroxylation is 1. The molecule has 7 heteroatoms. The van der Waals surface area contributed by atoms with E-state index >= 15 is 0 Å². The van der Waals surface area contributed by atoms with Gasteiger partial charge in [-0.05, 0) is 25.5 Å². The van der Waals surface area contributed by atoms with Crippen LogP contribution in [0.25, 0.3) is 11.0 Å². The summed E-state index contributed by atoms with van der Waals surface area (Å²) in [5.74, 6) is 1.20. The molecule has 134 valence electrons. The van der Waals surface area contributed by atoms with Crippen LogP contribution in [-0.2, 0) is 4.74 Å². The van der Waals surface area contributed by atoms with Crippen LogP contribution in [-0.4, -0.2) is 41.2 Å². The van der Waals surface area contributed by atoms with Gasteiger partial charge in [-0.2, -0.15) is 0 Å². The molecule has 1 saturated heterocycles. The molecule has 0 aliphatic carbocycles. The number of nitrogens with zero attached hydrogens (tertiary/aromatic N) is 2. The minimum absolute atomic E-state index is 0.0685. The molecule has 0 unspecified atom stereocenters. The Morgan fingerprint density at radius 2 is 2.12 bits per heavy atom. The molecule has 0 spiro atoms. The van der Waals surface area contributed by atoms with Gasteiger partial charge in [0.1, 0.15) is 23.5 Å². The van der Waals surface area contributed by atoms with Crippen molar-refractivity contribution in [3.8, 4) is 0 Å². The third-order valence-electron chi connectivity index (χ3n) is 4.59. The molecule has 0 saturated carbocycles. The van der Waals surface area contributed by atoms with Gasteiger partial charge in [0, 0.05) is 18.2 Å². The van der Waals surface area contributed by atoms with Crippen molar-refractivity contribution in [1.82, 2.24) is 15.3 Å². The molecule has 0 radical (unpaired) electrons. The number of fused-ring (bicyclic) bond motifs is 1. The number of amides is 1. The summed E-state index contributed by atoms with van der Waals surface area (Å²) in [6.45, 7) is 2.92. The molecule has 3 aromatic rings. The monoisotopic (exact) mass is 352 g/mol. The number of carbonyl (C=O) groups excluding carboxylic acids is 1. The first-order valence-corrected chi connectivity index (χ1v) is 8.61. The molecule has 1 amide bonds. The Morgan fingerprint density at radius 1 is 1.23 bits per heavy atom. The van der Waals surface area contributed by atoms with Crippen molar-refractivity contribution in [2.75, 3.05) is 18.5 Å². The summed E-state index contributed by atoms with van der Waals surface area (Å²) in [6.07, 6.45) is 3.89. The first kappa shape index (κ1) is 16.5. The predicted molar refractivity (Wildman–Crippen MR) is 97.1 cm³/mol. The standard InChI is InChI=1S/C19H20N4O3/c1-12-18(13-4-2-3-5-16(13)26-12)19(24)23-14-7-9-25-10-15(14)22-17-6-8-20-11-21-17/h2-6,8,11,14-15H,7,9-10H2,1H3,(H,23,24)(H,20,21,22)/t14-,15+/m0/s1. The topological polar surface area (TPSA) is 89.3 Å². The number of hydrogen-bond acceptors (Lipinski definition) is 6. The predicted octanol–water partition coefficient (Wildman–Crippen LogP) is 2.53. The van der Waals surface area contributed by atoms with E-state index in [-0.39, 0.29) is 18.0 Å². The van der Waals surface area contributed by atoms with Crippen LogP contribution in [0.3, 0.4) is 0 Å². The largest absolute Gasteiger partial charge is 0.461 e. The van der Waals surface area contributed by atoms with Gasteiger partial charge in [0.2, 0.25) is 0 Å². The number of anilines is 1. The van der Waals surface area contributed by atoms with Crippen molar-refractivity contribution in [3.63, 3.8) is 0 Å². The average molecular weight is 352 g/mol. The van der Waals surface area contributed by atoms with E-state index in [1.807, 2.05) is 31.2 Å². The number of rotatable bonds is 4. The van der Waals surface area contributed by atoms with Crippen molar-refractivity contribution in [2.45, 2.75) is 25.4 Å². The van der Waals surface area contributed by atoms with Gasteiger partial charge in [-0.1, -0.05) is 18.2 Å². The molecule has 1 aliphatic rings. The number of aromatic nitrogens is 2. The summed E-state index contributed by atoms with van der Waals surface area (Å²) in [5, 5.41) is 7.29. The number of nitrogens with one attached hydrogen (secondary N) is 2. The zero-order valence-electron chi connectivity index (χ0n) is 14.4. The fraction of sp³-hybridized carbons (Fsp3) is 0.316. The first-order valence-electron chi connectivity index (χ1n) is 8.61. The minimum Gasteiger partial charge on any atom is -0.461 e. The Balaban J connectivity index is 1.54. The Bertz CT molecular complexity index is 910. The van der Waals surface area contributed by atoms with E-state index in [9.17, 15) is 4.79 Å². The maximum Gasteiger partial charge on any atom is 0.255 e. The number of hydrogen-bond donors (Lipinski definition) is 2. The Kier molecular flexibility index (Phi) is 4.53. The summed E-state index contributed by atoms with van der Waals surface area (Å²) in [7, 11) is 0. The lowest BCUT2D eigenvalue weighted by Gasteiger charge is -2.33. The molecule has 1 aromatic carbocycles. The Hall–Kier alpha value is -2.93. The molecule has 7 nitrogen and oxygen atoms in total. The number of benzene rings is 1. The molecule has 4 rings (SSSR count). The second-order valence-corrected chi connectivity index (χ2v) is 6.32. The summed E-state index contributed by atoms with van der Waals surface area (Å²) >= 11 is 0. The number of ether oxygens (including phenoxy) is 1. The van der Waals surface area contributed by atoms with E-state index in [2.05, 4.69) is 20.6 Å². The van der Waals surface area contributed by atoms with E-state index < -0.39 is 0 Å². The highest BCUT2D eigenvalue weighted by atomic mass is 16.5. The zero-order chi connectivity index (χ0) is 17.9. The van der Waals surface area contributed by atoms with Gasteiger partial charge in [0.25, 0.3) is 5.91 Å². The number of furan rings is 1. The van der Waals surface area contributed by atoms with E-state index in [4.69, 9.17) is 9.15 Å².